The zero-order valence-electron chi connectivity index (χ0n) is 8.53. The molecule has 0 aliphatic rings. The summed E-state index contributed by atoms with van der Waals surface area (Å²) in [5.41, 5.74) is 1.20. The second kappa shape index (κ2) is 4.71. The maximum atomic E-state index is 13.3. The Morgan fingerprint density at radius 2 is 1.50 bits per heavy atom. The lowest BCUT2D eigenvalue weighted by atomic mass is 10.1. The van der Waals surface area contributed by atoms with Gasteiger partial charge in [-0.15, -0.1) is 0 Å². The Labute approximate surface area is 92.9 Å². The average Bonchev–Trinajstić information content (AvgIpc) is 2.32. The Morgan fingerprint density at radius 3 is 2.25 bits per heavy atom. The molecule has 0 aliphatic carbocycles. The van der Waals surface area contributed by atoms with Crippen molar-refractivity contribution in [2.24, 2.45) is 0 Å². The van der Waals surface area contributed by atoms with Crippen LogP contribution < -0.4 is 0 Å². The van der Waals surface area contributed by atoms with E-state index in [1.807, 2.05) is 30.3 Å². The molecule has 80 valence electrons. The minimum absolute atomic E-state index is 0.254. The van der Waals surface area contributed by atoms with Crippen LogP contribution in [0.5, 0.6) is 0 Å². The van der Waals surface area contributed by atoms with Crippen LogP contribution in [0.2, 0.25) is 0 Å². The number of hydrogen-bond donors (Lipinski definition) is 0. The van der Waals surface area contributed by atoms with E-state index in [1.54, 1.807) is 12.2 Å². The molecule has 0 fully saturated rings. The molecule has 2 aromatic rings. The maximum absolute atomic E-state index is 13.3. The lowest BCUT2D eigenvalue weighted by molar-refractivity contribution is 0.507. The van der Waals surface area contributed by atoms with Crippen molar-refractivity contribution in [2.75, 3.05) is 0 Å². The molecule has 0 heterocycles. The topological polar surface area (TPSA) is 0 Å². The second-order valence-corrected chi connectivity index (χ2v) is 3.39. The molecular formula is C14H10F2. The van der Waals surface area contributed by atoms with Crippen molar-refractivity contribution in [3.8, 4) is 0 Å². The molecule has 0 radical (unpaired) electrons. The summed E-state index contributed by atoms with van der Waals surface area (Å²) in [6, 6.07) is 13.6. The minimum atomic E-state index is -0.824. The van der Waals surface area contributed by atoms with Gasteiger partial charge in [-0.2, -0.15) is 0 Å². The molecule has 0 aromatic heterocycles. The number of benzene rings is 2. The van der Waals surface area contributed by atoms with Gasteiger partial charge in [-0.1, -0.05) is 54.6 Å². The highest BCUT2D eigenvalue weighted by atomic mass is 19.2. The molecule has 0 unspecified atom stereocenters. The summed E-state index contributed by atoms with van der Waals surface area (Å²) in [6.45, 7) is 0. The summed E-state index contributed by atoms with van der Waals surface area (Å²) in [5.74, 6) is -1.63. The van der Waals surface area contributed by atoms with Gasteiger partial charge in [-0.05, 0) is 11.6 Å². The van der Waals surface area contributed by atoms with Gasteiger partial charge in [0, 0.05) is 5.56 Å². The van der Waals surface area contributed by atoms with Crippen LogP contribution in [0.15, 0.2) is 48.5 Å². The largest absolute Gasteiger partial charge is 0.204 e. The van der Waals surface area contributed by atoms with Crippen LogP contribution in [0.3, 0.4) is 0 Å². The van der Waals surface area contributed by atoms with E-state index in [1.165, 1.54) is 12.1 Å². The molecule has 0 atom stereocenters. The molecule has 16 heavy (non-hydrogen) atoms. The van der Waals surface area contributed by atoms with E-state index in [2.05, 4.69) is 0 Å². The molecule has 0 nitrogen and oxygen atoms in total. The molecular weight excluding hydrogens is 206 g/mol. The normalized spacial score (nSPS) is 10.9. The Bertz CT molecular complexity index is 501. The zero-order valence-corrected chi connectivity index (χ0v) is 8.53. The van der Waals surface area contributed by atoms with E-state index in [-0.39, 0.29) is 5.56 Å². The third-order valence-electron chi connectivity index (χ3n) is 2.24. The molecule has 0 bridgehead atoms. The molecule has 0 spiro atoms. The minimum Gasteiger partial charge on any atom is -0.204 e. The van der Waals surface area contributed by atoms with Gasteiger partial charge in [-0.25, -0.2) is 8.78 Å². The van der Waals surface area contributed by atoms with E-state index < -0.39 is 11.6 Å². The zero-order chi connectivity index (χ0) is 11.4. The summed E-state index contributed by atoms with van der Waals surface area (Å²) >= 11 is 0. The highest BCUT2D eigenvalue weighted by Crippen LogP contribution is 2.14. The second-order valence-electron chi connectivity index (χ2n) is 3.39. The fraction of sp³-hybridized carbons (Fsp3) is 0. The lowest BCUT2D eigenvalue weighted by Crippen LogP contribution is -1.86. The first-order valence-corrected chi connectivity index (χ1v) is 4.94. The molecule has 2 aromatic carbocycles. The Balaban J connectivity index is 2.28. The quantitative estimate of drug-likeness (QED) is 0.662. The number of rotatable bonds is 2. The predicted molar refractivity (Wildman–Crippen MR) is 61.7 cm³/mol. The van der Waals surface area contributed by atoms with E-state index in [0.717, 1.165) is 11.6 Å². The van der Waals surface area contributed by atoms with E-state index in [4.69, 9.17) is 0 Å². The van der Waals surface area contributed by atoms with Gasteiger partial charge < -0.3 is 0 Å². The fourth-order valence-electron chi connectivity index (χ4n) is 1.40. The SMILES string of the molecule is Fc1cccc(C=Cc2ccccc2)c1F. The molecule has 2 rings (SSSR count). The van der Waals surface area contributed by atoms with Gasteiger partial charge in [-0.3, -0.25) is 0 Å². The van der Waals surface area contributed by atoms with Gasteiger partial charge in [0.05, 0.1) is 0 Å². The molecule has 0 N–H and O–H groups in total. The highest BCUT2D eigenvalue weighted by Gasteiger charge is 2.03. The molecule has 2 heteroatoms. The highest BCUT2D eigenvalue weighted by molar-refractivity contribution is 5.69. The molecule has 0 amide bonds. The van der Waals surface area contributed by atoms with Crippen molar-refractivity contribution in [1.29, 1.82) is 0 Å². The van der Waals surface area contributed by atoms with Crippen molar-refractivity contribution in [1.82, 2.24) is 0 Å². The first kappa shape index (κ1) is 10.6. The predicted octanol–water partition coefficient (Wildman–Crippen LogP) is 4.14. The third kappa shape index (κ3) is 2.34. The third-order valence-corrected chi connectivity index (χ3v) is 2.24. The van der Waals surface area contributed by atoms with Gasteiger partial charge in [0.2, 0.25) is 0 Å². The van der Waals surface area contributed by atoms with Crippen LogP contribution in [0.1, 0.15) is 11.1 Å². The van der Waals surface area contributed by atoms with Crippen LogP contribution in [-0.2, 0) is 0 Å². The summed E-state index contributed by atoms with van der Waals surface area (Å²) < 4.78 is 26.2. The van der Waals surface area contributed by atoms with E-state index in [9.17, 15) is 8.78 Å². The van der Waals surface area contributed by atoms with Gasteiger partial charge in [0.15, 0.2) is 11.6 Å². The van der Waals surface area contributed by atoms with E-state index >= 15 is 0 Å². The van der Waals surface area contributed by atoms with Crippen LogP contribution in [0.25, 0.3) is 12.2 Å². The van der Waals surface area contributed by atoms with Crippen molar-refractivity contribution < 1.29 is 8.78 Å². The number of halogens is 2. The van der Waals surface area contributed by atoms with Gasteiger partial charge in [0.1, 0.15) is 0 Å². The van der Waals surface area contributed by atoms with Crippen molar-refractivity contribution in [3.05, 3.63) is 71.3 Å². The molecule has 0 saturated heterocycles. The van der Waals surface area contributed by atoms with E-state index in [0.29, 0.717) is 0 Å². The standard InChI is InChI=1S/C14H10F2/c15-13-8-4-7-12(14(13)16)10-9-11-5-2-1-3-6-11/h1-10H. The smallest absolute Gasteiger partial charge is 0.166 e. The first-order chi connectivity index (χ1) is 7.77. The fourth-order valence-corrected chi connectivity index (χ4v) is 1.40. The summed E-state index contributed by atoms with van der Waals surface area (Å²) in [4.78, 5) is 0. The van der Waals surface area contributed by atoms with Crippen molar-refractivity contribution >= 4 is 12.2 Å². The lowest BCUT2D eigenvalue weighted by Gasteiger charge is -1.97. The first-order valence-electron chi connectivity index (χ1n) is 4.94. The monoisotopic (exact) mass is 216 g/mol. The van der Waals surface area contributed by atoms with Gasteiger partial charge >= 0.3 is 0 Å². The van der Waals surface area contributed by atoms with Gasteiger partial charge in [0.25, 0.3) is 0 Å². The number of hydrogen-bond acceptors (Lipinski definition) is 0. The van der Waals surface area contributed by atoms with Crippen LogP contribution in [0.4, 0.5) is 8.78 Å². The van der Waals surface area contributed by atoms with Crippen molar-refractivity contribution in [2.45, 2.75) is 0 Å². The van der Waals surface area contributed by atoms with Crippen molar-refractivity contribution in [3.63, 3.8) is 0 Å². The Hall–Kier alpha value is -1.96. The Morgan fingerprint density at radius 1 is 0.750 bits per heavy atom. The maximum Gasteiger partial charge on any atom is 0.166 e. The Kier molecular flexibility index (Phi) is 3.10. The summed E-state index contributed by atoms with van der Waals surface area (Å²) in [7, 11) is 0. The van der Waals surface area contributed by atoms with Crippen LogP contribution in [-0.4, -0.2) is 0 Å². The summed E-state index contributed by atoms with van der Waals surface area (Å²) in [6.07, 6.45) is 3.31. The molecule has 0 saturated carbocycles. The van der Waals surface area contributed by atoms with Crippen LogP contribution in [0, 0.1) is 11.6 Å². The van der Waals surface area contributed by atoms with Crippen LogP contribution >= 0.6 is 0 Å². The average molecular weight is 216 g/mol. The summed E-state index contributed by atoms with van der Waals surface area (Å²) in [5, 5.41) is 0. The molecule has 0 aliphatic heterocycles.